The highest BCUT2D eigenvalue weighted by Gasteiger charge is 2.17. The molecule has 0 radical (unpaired) electrons. The SMILES string of the molecule is CCNc1snnc1COc1ccc(Br)cc1[N+](=O)[O-]. The molecular weight excluding hydrogens is 348 g/mol. The van der Waals surface area contributed by atoms with Crippen LogP contribution in [-0.2, 0) is 6.61 Å². The molecule has 9 heteroatoms. The molecule has 7 nitrogen and oxygen atoms in total. The third-order valence-electron chi connectivity index (χ3n) is 2.38. The summed E-state index contributed by atoms with van der Waals surface area (Å²) in [6, 6.07) is 4.64. The molecule has 1 heterocycles. The Kier molecular flexibility index (Phi) is 4.85. The van der Waals surface area contributed by atoms with Crippen LogP contribution in [0.2, 0.25) is 0 Å². The van der Waals surface area contributed by atoms with Crippen LogP contribution in [0, 0.1) is 10.1 Å². The number of hydrogen-bond donors (Lipinski definition) is 1. The van der Waals surface area contributed by atoms with Crippen LogP contribution in [0.5, 0.6) is 5.75 Å². The number of nitrogens with one attached hydrogen (secondary N) is 1. The molecule has 0 spiro atoms. The molecule has 0 fully saturated rings. The summed E-state index contributed by atoms with van der Waals surface area (Å²) >= 11 is 4.42. The van der Waals surface area contributed by atoms with Crippen LogP contribution < -0.4 is 10.1 Å². The minimum Gasteiger partial charge on any atom is -0.480 e. The van der Waals surface area contributed by atoms with Crippen molar-refractivity contribution < 1.29 is 9.66 Å². The van der Waals surface area contributed by atoms with Crippen LogP contribution in [0.15, 0.2) is 22.7 Å². The van der Waals surface area contributed by atoms with Crippen molar-refractivity contribution in [1.29, 1.82) is 0 Å². The van der Waals surface area contributed by atoms with Gasteiger partial charge in [-0.1, -0.05) is 20.4 Å². The van der Waals surface area contributed by atoms with Gasteiger partial charge >= 0.3 is 5.69 Å². The molecule has 2 rings (SSSR count). The molecule has 0 amide bonds. The average molecular weight is 359 g/mol. The normalized spacial score (nSPS) is 10.3. The van der Waals surface area contributed by atoms with Crippen molar-refractivity contribution in [1.82, 2.24) is 9.59 Å². The quantitative estimate of drug-likeness (QED) is 0.629. The van der Waals surface area contributed by atoms with Crippen molar-refractivity contribution in [3.8, 4) is 5.75 Å². The number of ether oxygens (including phenoxy) is 1. The summed E-state index contributed by atoms with van der Waals surface area (Å²) in [6.45, 7) is 2.83. The number of nitro groups is 1. The molecular formula is C11H11BrN4O3S. The van der Waals surface area contributed by atoms with Crippen molar-refractivity contribution in [3.63, 3.8) is 0 Å². The summed E-state index contributed by atoms with van der Waals surface area (Å²) < 4.78 is 9.94. The Morgan fingerprint density at radius 3 is 3.05 bits per heavy atom. The average Bonchev–Trinajstić information content (AvgIpc) is 2.85. The predicted octanol–water partition coefficient (Wildman–Crippen LogP) is 3.22. The van der Waals surface area contributed by atoms with E-state index in [9.17, 15) is 10.1 Å². The lowest BCUT2D eigenvalue weighted by Gasteiger charge is -2.06. The fourth-order valence-electron chi connectivity index (χ4n) is 1.50. The van der Waals surface area contributed by atoms with Crippen LogP contribution in [0.3, 0.4) is 0 Å². The van der Waals surface area contributed by atoms with Gasteiger partial charge in [0.1, 0.15) is 17.3 Å². The van der Waals surface area contributed by atoms with E-state index in [2.05, 4.69) is 30.8 Å². The third kappa shape index (κ3) is 3.42. The number of nitro benzene ring substituents is 1. The number of anilines is 1. The Morgan fingerprint density at radius 2 is 2.35 bits per heavy atom. The van der Waals surface area contributed by atoms with E-state index in [1.807, 2.05) is 6.92 Å². The van der Waals surface area contributed by atoms with Gasteiger partial charge in [0.25, 0.3) is 0 Å². The van der Waals surface area contributed by atoms with Crippen LogP contribution in [-0.4, -0.2) is 21.1 Å². The van der Waals surface area contributed by atoms with Gasteiger partial charge in [0.15, 0.2) is 5.75 Å². The summed E-state index contributed by atoms with van der Waals surface area (Å²) in [5, 5.41) is 18.8. The largest absolute Gasteiger partial charge is 0.480 e. The molecule has 1 aromatic heterocycles. The summed E-state index contributed by atoms with van der Waals surface area (Å²) in [5.74, 6) is 0.202. The highest BCUT2D eigenvalue weighted by atomic mass is 79.9. The molecule has 0 unspecified atom stereocenters. The lowest BCUT2D eigenvalue weighted by molar-refractivity contribution is -0.386. The van der Waals surface area contributed by atoms with Crippen LogP contribution in [0.4, 0.5) is 10.7 Å². The Hall–Kier alpha value is -1.74. The van der Waals surface area contributed by atoms with Crippen molar-refractivity contribution >= 4 is 38.2 Å². The number of halogens is 1. The van der Waals surface area contributed by atoms with E-state index >= 15 is 0 Å². The fraction of sp³-hybridized carbons (Fsp3) is 0.273. The molecule has 1 aromatic carbocycles. The molecule has 1 N–H and O–H groups in total. The molecule has 0 aliphatic rings. The summed E-state index contributed by atoms with van der Waals surface area (Å²) in [7, 11) is 0. The van der Waals surface area contributed by atoms with Crippen LogP contribution in [0.25, 0.3) is 0 Å². The maximum Gasteiger partial charge on any atom is 0.312 e. The van der Waals surface area contributed by atoms with Gasteiger partial charge in [-0.15, -0.1) is 5.10 Å². The van der Waals surface area contributed by atoms with E-state index < -0.39 is 4.92 Å². The molecule has 0 saturated carbocycles. The minimum atomic E-state index is -0.482. The maximum absolute atomic E-state index is 11.0. The molecule has 0 saturated heterocycles. The van der Waals surface area contributed by atoms with E-state index in [4.69, 9.17) is 4.74 Å². The number of nitrogens with zero attached hydrogens (tertiary/aromatic N) is 3. The molecule has 106 valence electrons. The molecule has 20 heavy (non-hydrogen) atoms. The van der Waals surface area contributed by atoms with Crippen molar-refractivity contribution in [3.05, 3.63) is 38.5 Å². The second kappa shape index (κ2) is 6.62. The van der Waals surface area contributed by atoms with Gasteiger partial charge in [0.2, 0.25) is 0 Å². The van der Waals surface area contributed by atoms with Crippen LogP contribution in [0.1, 0.15) is 12.6 Å². The van der Waals surface area contributed by atoms with Crippen molar-refractivity contribution in [2.45, 2.75) is 13.5 Å². The first-order valence-electron chi connectivity index (χ1n) is 5.73. The first-order valence-corrected chi connectivity index (χ1v) is 7.30. The Morgan fingerprint density at radius 1 is 1.55 bits per heavy atom. The fourth-order valence-corrected chi connectivity index (χ4v) is 2.48. The van der Waals surface area contributed by atoms with E-state index in [1.54, 1.807) is 12.1 Å². The summed E-state index contributed by atoms with van der Waals surface area (Å²) in [4.78, 5) is 10.5. The van der Waals surface area contributed by atoms with Gasteiger partial charge in [-0.25, -0.2) is 0 Å². The molecule has 0 aliphatic heterocycles. The van der Waals surface area contributed by atoms with Gasteiger partial charge in [-0.2, -0.15) is 0 Å². The van der Waals surface area contributed by atoms with Gasteiger partial charge in [-0.05, 0) is 19.1 Å². The second-order valence-corrected chi connectivity index (χ2v) is 5.41. The highest BCUT2D eigenvalue weighted by Crippen LogP contribution is 2.31. The lowest BCUT2D eigenvalue weighted by Crippen LogP contribution is -2.03. The van der Waals surface area contributed by atoms with Gasteiger partial charge in [0, 0.05) is 28.6 Å². The van der Waals surface area contributed by atoms with Gasteiger partial charge in [-0.3, -0.25) is 10.1 Å². The monoisotopic (exact) mass is 358 g/mol. The molecule has 2 aromatic rings. The van der Waals surface area contributed by atoms with E-state index in [0.29, 0.717) is 10.2 Å². The lowest BCUT2D eigenvalue weighted by atomic mass is 10.3. The smallest absolute Gasteiger partial charge is 0.312 e. The predicted molar refractivity (Wildman–Crippen MR) is 79.2 cm³/mol. The zero-order valence-corrected chi connectivity index (χ0v) is 12.9. The Bertz CT molecular complexity index is 619. The first kappa shape index (κ1) is 14.7. The zero-order chi connectivity index (χ0) is 14.5. The molecule has 0 atom stereocenters. The maximum atomic E-state index is 11.0. The molecule has 0 aliphatic carbocycles. The topological polar surface area (TPSA) is 90.2 Å². The van der Waals surface area contributed by atoms with E-state index in [-0.39, 0.29) is 18.0 Å². The third-order valence-corrected chi connectivity index (χ3v) is 3.59. The standard InChI is InChI=1S/C11H11BrN4O3S/c1-2-13-11-8(14-15-20-11)6-19-10-4-3-7(12)5-9(10)16(17)18/h3-5,13H,2,6H2,1H3. The zero-order valence-electron chi connectivity index (χ0n) is 10.5. The van der Waals surface area contributed by atoms with Gasteiger partial charge in [0.05, 0.1) is 4.92 Å². The highest BCUT2D eigenvalue weighted by molar-refractivity contribution is 9.10. The van der Waals surface area contributed by atoms with Crippen LogP contribution >= 0.6 is 27.5 Å². The Labute approximate surface area is 127 Å². The van der Waals surface area contributed by atoms with Gasteiger partial charge < -0.3 is 10.1 Å². The Balaban J connectivity index is 2.14. The van der Waals surface area contributed by atoms with Crippen molar-refractivity contribution in [2.75, 3.05) is 11.9 Å². The second-order valence-electron chi connectivity index (χ2n) is 3.74. The number of hydrogen-bond acceptors (Lipinski definition) is 7. The minimum absolute atomic E-state index is 0.0902. The first-order chi connectivity index (χ1) is 9.61. The number of aromatic nitrogens is 2. The molecule has 0 bridgehead atoms. The van der Waals surface area contributed by atoms with E-state index in [1.165, 1.54) is 17.6 Å². The summed E-state index contributed by atoms with van der Waals surface area (Å²) in [5.41, 5.74) is 0.543. The van der Waals surface area contributed by atoms with E-state index in [0.717, 1.165) is 11.5 Å². The number of benzene rings is 1. The summed E-state index contributed by atoms with van der Waals surface area (Å²) in [6.07, 6.45) is 0. The van der Waals surface area contributed by atoms with Crippen molar-refractivity contribution in [2.24, 2.45) is 0 Å². The number of rotatable bonds is 6.